The zero-order chi connectivity index (χ0) is 14.5. The summed E-state index contributed by atoms with van der Waals surface area (Å²) < 4.78 is 13.5. The lowest BCUT2D eigenvalue weighted by Crippen LogP contribution is -2.15. The van der Waals surface area contributed by atoms with Crippen LogP contribution in [0.1, 0.15) is 17.4 Å². The highest BCUT2D eigenvalue weighted by Gasteiger charge is 2.11. The molecule has 6 heteroatoms. The molecule has 0 spiro atoms. The molecule has 0 aliphatic rings. The molecule has 0 bridgehead atoms. The number of amides is 1. The van der Waals surface area contributed by atoms with Crippen molar-refractivity contribution in [2.45, 2.75) is 6.92 Å². The molecule has 0 radical (unpaired) electrons. The van der Waals surface area contributed by atoms with Crippen molar-refractivity contribution in [1.29, 1.82) is 0 Å². The standard InChI is InChI=1S/C14H13ClFN3O/c1-2-17-10-5-6-18-13(8-10)14(20)19-12-7-9(15)3-4-11(12)16/h3-8H,2H2,1H3,(H,17,18)(H,19,20). The van der Waals surface area contributed by atoms with E-state index >= 15 is 0 Å². The molecule has 1 heterocycles. The largest absolute Gasteiger partial charge is 0.385 e. The quantitative estimate of drug-likeness (QED) is 0.906. The van der Waals surface area contributed by atoms with E-state index in [1.54, 1.807) is 12.1 Å². The molecule has 104 valence electrons. The number of carbonyl (C=O) groups is 1. The number of benzene rings is 1. The summed E-state index contributed by atoms with van der Waals surface area (Å²) in [6, 6.07) is 7.31. The zero-order valence-corrected chi connectivity index (χ0v) is 11.5. The Morgan fingerprint density at radius 1 is 1.35 bits per heavy atom. The summed E-state index contributed by atoms with van der Waals surface area (Å²) in [5.74, 6) is -1.04. The molecular formula is C14H13ClFN3O. The van der Waals surface area contributed by atoms with Crippen LogP contribution in [0, 0.1) is 5.82 Å². The second-order valence-electron chi connectivity index (χ2n) is 4.04. The van der Waals surface area contributed by atoms with Crippen LogP contribution in [0.3, 0.4) is 0 Å². The molecule has 2 N–H and O–H groups in total. The molecule has 0 aliphatic heterocycles. The van der Waals surface area contributed by atoms with Gasteiger partial charge in [0.15, 0.2) is 0 Å². The Bertz CT molecular complexity index is 634. The van der Waals surface area contributed by atoms with E-state index in [-0.39, 0.29) is 11.4 Å². The van der Waals surface area contributed by atoms with Gasteiger partial charge < -0.3 is 10.6 Å². The fourth-order valence-corrected chi connectivity index (χ4v) is 1.82. The Hall–Kier alpha value is -2.14. The first kappa shape index (κ1) is 14.3. The minimum absolute atomic E-state index is 0.0261. The molecule has 2 aromatic rings. The normalized spacial score (nSPS) is 10.2. The Kier molecular flexibility index (Phi) is 4.53. The average Bonchev–Trinajstić information content (AvgIpc) is 2.43. The van der Waals surface area contributed by atoms with Gasteiger partial charge in [0.1, 0.15) is 11.5 Å². The number of hydrogen-bond acceptors (Lipinski definition) is 3. The van der Waals surface area contributed by atoms with E-state index in [2.05, 4.69) is 15.6 Å². The molecule has 0 saturated heterocycles. The molecule has 2 rings (SSSR count). The highest BCUT2D eigenvalue weighted by molar-refractivity contribution is 6.31. The predicted octanol–water partition coefficient (Wildman–Crippen LogP) is 3.56. The van der Waals surface area contributed by atoms with Crippen LogP contribution in [-0.2, 0) is 0 Å². The van der Waals surface area contributed by atoms with E-state index in [1.165, 1.54) is 24.4 Å². The number of nitrogens with zero attached hydrogens (tertiary/aromatic N) is 1. The lowest BCUT2D eigenvalue weighted by Gasteiger charge is -2.08. The minimum Gasteiger partial charge on any atom is -0.385 e. The molecule has 1 aromatic carbocycles. The van der Waals surface area contributed by atoms with Crippen molar-refractivity contribution in [2.24, 2.45) is 0 Å². The van der Waals surface area contributed by atoms with Crippen LogP contribution in [0.2, 0.25) is 5.02 Å². The van der Waals surface area contributed by atoms with Crippen molar-refractivity contribution in [3.05, 3.63) is 53.1 Å². The maximum absolute atomic E-state index is 13.5. The maximum Gasteiger partial charge on any atom is 0.274 e. The molecule has 0 saturated carbocycles. The number of hydrogen-bond donors (Lipinski definition) is 2. The Morgan fingerprint density at radius 3 is 2.90 bits per heavy atom. The third-order valence-corrected chi connectivity index (χ3v) is 2.79. The van der Waals surface area contributed by atoms with Crippen molar-refractivity contribution < 1.29 is 9.18 Å². The summed E-state index contributed by atoms with van der Waals surface area (Å²) in [6.45, 7) is 2.68. The topological polar surface area (TPSA) is 54.0 Å². The van der Waals surface area contributed by atoms with Crippen molar-refractivity contribution in [2.75, 3.05) is 17.2 Å². The second kappa shape index (κ2) is 6.34. The van der Waals surface area contributed by atoms with E-state index in [0.717, 1.165) is 12.2 Å². The molecule has 4 nitrogen and oxygen atoms in total. The third-order valence-electron chi connectivity index (χ3n) is 2.55. The van der Waals surface area contributed by atoms with Gasteiger partial charge in [-0.2, -0.15) is 0 Å². The van der Waals surface area contributed by atoms with Crippen LogP contribution in [-0.4, -0.2) is 17.4 Å². The molecule has 0 unspecified atom stereocenters. The van der Waals surface area contributed by atoms with Gasteiger partial charge in [-0.1, -0.05) is 11.6 Å². The summed E-state index contributed by atoms with van der Waals surface area (Å²) in [4.78, 5) is 16.0. The van der Waals surface area contributed by atoms with Crippen molar-refractivity contribution in [3.8, 4) is 0 Å². The Balaban J connectivity index is 2.19. The highest BCUT2D eigenvalue weighted by atomic mass is 35.5. The molecule has 0 aliphatic carbocycles. The average molecular weight is 294 g/mol. The number of carbonyl (C=O) groups excluding carboxylic acids is 1. The SMILES string of the molecule is CCNc1ccnc(C(=O)Nc2cc(Cl)ccc2F)c1. The van der Waals surface area contributed by atoms with Gasteiger partial charge in [0, 0.05) is 23.5 Å². The molecule has 0 atom stereocenters. The number of anilines is 2. The van der Waals surface area contributed by atoms with Gasteiger partial charge >= 0.3 is 0 Å². The first-order valence-electron chi connectivity index (χ1n) is 6.06. The van der Waals surface area contributed by atoms with Gasteiger partial charge in [-0.3, -0.25) is 9.78 Å². The van der Waals surface area contributed by atoms with Crippen LogP contribution < -0.4 is 10.6 Å². The third kappa shape index (κ3) is 3.45. The highest BCUT2D eigenvalue weighted by Crippen LogP contribution is 2.20. The first-order chi connectivity index (χ1) is 9.60. The summed E-state index contributed by atoms with van der Waals surface area (Å²) in [7, 11) is 0. The van der Waals surface area contributed by atoms with Crippen molar-refractivity contribution >= 4 is 28.9 Å². The lowest BCUT2D eigenvalue weighted by atomic mass is 10.2. The monoisotopic (exact) mass is 293 g/mol. The van der Waals surface area contributed by atoms with Crippen LogP contribution in [0.4, 0.5) is 15.8 Å². The summed E-state index contributed by atoms with van der Waals surface area (Å²) in [5, 5.41) is 5.86. The number of pyridine rings is 1. The zero-order valence-electron chi connectivity index (χ0n) is 10.8. The van der Waals surface area contributed by atoms with E-state index in [0.29, 0.717) is 5.02 Å². The minimum atomic E-state index is -0.550. The van der Waals surface area contributed by atoms with Crippen LogP contribution >= 0.6 is 11.6 Å². The maximum atomic E-state index is 13.5. The number of nitrogens with one attached hydrogen (secondary N) is 2. The van der Waals surface area contributed by atoms with Gasteiger partial charge in [0.05, 0.1) is 5.69 Å². The fourth-order valence-electron chi connectivity index (χ4n) is 1.65. The van der Waals surface area contributed by atoms with E-state index < -0.39 is 11.7 Å². The fraction of sp³-hybridized carbons (Fsp3) is 0.143. The van der Waals surface area contributed by atoms with Gasteiger partial charge in [0.2, 0.25) is 0 Å². The lowest BCUT2D eigenvalue weighted by molar-refractivity contribution is 0.102. The summed E-state index contributed by atoms with van der Waals surface area (Å²) >= 11 is 5.77. The molecule has 0 fully saturated rings. The van der Waals surface area contributed by atoms with E-state index in [1.807, 2.05) is 6.92 Å². The van der Waals surface area contributed by atoms with Gasteiger partial charge in [0.25, 0.3) is 5.91 Å². The van der Waals surface area contributed by atoms with E-state index in [9.17, 15) is 9.18 Å². The Labute approximate surface area is 121 Å². The first-order valence-corrected chi connectivity index (χ1v) is 6.44. The number of rotatable bonds is 4. The van der Waals surface area contributed by atoms with Crippen LogP contribution in [0.5, 0.6) is 0 Å². The van der Waals surface area contributed by atoms with Crippen molar-refractivity contribution in [1.82, 2.24) is 4.98 Å². The summed E-state index contributed by atoms with van der Waals surface area (Å²) in [6.07, 6.45) is 1.52. The second-order valence-corrected chi connectivity index (χ2v) is 4.47. The van der Waals surface area contributed by atoms with Crippen LogP contribution in [0.15, 0.2) is 36.5 Å². The van der Waals surface area contributed by atoms with Crippen molar-refractivity contribution in [3.63, 3.8) is 0 Å². The van der Waals surface area contributed by atoms with Gasteiger partial charge in [-0.25, -0.2) is 4.39 Å². The molecule has 1 amide bonds. The summed E-state index contributed by atoms with van der Waals surface area (Å²) in [5.41, 5.74) is 1.00. The van der Waals surface area contributed by atoms with Crippen LogP contribution in [0.25, 0.3) is 0 Å². The number of halogens is 2. The Morgan fingerprint density at radius 2 is 2.15 bits per heavy atom. The molecule has 1 aromatic heterocycles. The van der Waals surface area contributed by atoms with E-state index in [4.69, 9.17) is 11.6 Å². The predicted molar refractivity (Wildman–Crippen MR) is 77.8 cm³/mol. The van der Waals surface area contributed by atoms with Gasteiger partial charge in [-0.15, -0.1) is 0 Å². The number of aromatic nitrogens is 1. The molecule has 20 heavy (non-hydrogen) atoms. The van der Waals surface area contributed by atoms with Gasteiger partial charge in [-0.05, 0) is 37.3 Å². The smallest absolute Gasteiger partial charge is 0.274 e. The molecular weight excluding hydrogens is 281 g/mol.